The summed E-state index contributed by atoms with van der Waals surface area (Å²) in [7, 11) is 0. The minimum Gasteiger partial charge on any atom is -0.394 e. The second kappa shape index (κ2) is 6.73. The van der Waals surface area contributed by atoms with Crippen molar-refractivity contribution in [3.05, 3.63) is 0 Å². The third-order valence-corrected chi connectivity index (χ3v) is 4.45. The minimum atomic E-state index is -0.251. The molecule has 3 unspecified atom stereocenters. The van der Waals surface area contributed by atoms with Gasteiger partial charge in [0.1, 0.15) is 0 Å². The van der Waals surface area contributed by atoms with Gasteiger partial charge < -0.3 is 19.9 Å². The molecule has 0 aromatic rings. The topological polar surface area (TPSA) is 50.7 Å². The van der Waals surface area contributed by atoms with Gasteiger partial charge in [0.2, 0.25) is 0 Å². The van der Waals surface area contributed by atoms with Crippen molar-refractivity contribution in [3.8, 4) is 0 Å². The molecule has 0 aromatic heterocycles. The first-order valence-corrected chi connectivity index (χ1v) is 8.11. The van der Waals surface area contributed by atoms with Crippen LogP contribution in [0.1, 0.15) is 53.4 Å². The standard InChI is InChI=1S/C16H31NO3/c1-11(2)17-16(9-18,14-5-6-14)10-19-15-7-12(3)20-13(4)8-15/h11-15,17-18H,5-10H2,1-4H3. The Morgan fingerprint density at radius 3 is 2.30 bits per heavy atom. The maximum Gasteiger partial charge on any atom is 0.0681 e. The van der Waals surface area contributed by atoms with Gasteiger partial charge in [-0.05, 0) is 45.4 Å². The zero-order chi connectivity index (χ0) is 14.8. The molecule has 1 saturated carbocycles. The van der Waals surface area contributed by atoms with Gasteiger partial charge in [0, 0.05) is 6.04 Å². The zero-order valence-corrected chi connectivity index (χ0v) is 13.4. The number of aliphatic hydroxyl groups is 1. The van der Waals surface area contributed by atoms with E-state index < -0.39 is 0 Å². The van der Waals surface area contributed by atoms with Gasteiger partial charge in [-0.15, -0.1) is 0 Å². The molecule has 0 aromatic carbocycles. The number of hydrogen-bond donors (Lipinski definition) is 2. The molecule has 118 valence electrons. The number of ether oxygens (including phenoxy) is 2. The Morgan fingerprint density at radius 1 is 1.25 bits per heavy atom. The largest absolute Gasteiger partial charge is 0.394 e. The van der Waals surface area contributed by atoms with Crippen molar-refractivity contribution in [2.45, 2.75) is 83.3 Å². The first-order valence-electron chi connectivity index (χ1n) is 8.11. The molecule has 3 atom stereocenters. The van der Waals surface area contributed by atoms with Crippen molar-refractivity contribution in [2.24, 2.45) is 5.92 Å². The van der Waals surface area contributed by atoms with Crippen molar-refractivity contribution < 1.29 is 14.6 Å². The van der Waals surface area contributed by atoms with E-state index in [9.17, 15) is 5.11 Å². The lowest BCUT2D eigenvalue weighted by atomic mass is 9.93. The van der Waals surface area contributed by atoms with Crippen molar-refractivity contribution in [2.75, 3.05) is 13.2 Å². The Hall–Kier alpha value is -0.160. The fourth-order valence-electron chi connectivity index (χ4n) is 3.46. The highest BCUT2D eigenvalue weighted by molar-refractivity contribution is 5.02. The van der Waals surface area contributed by atoms with Crippen LogP contribution < -0.4 is 5.32 Å². The lowest BCUT2D eigenvalue weighted by Gasteiger charge is -2.38. The van der Waals surface area contributed by atoms with Crippen molar-refractivity contribution >= 4 is 0 Å². The van der Waals surface area contributed by atoms with Crippen LogP contribution in [0.4, 0.5) is 0 Å². The van der Waals surface area contributed by atoms with Gasteiger partial charge in [-0.2, -0.15) is 0 Å². The molecule has 0 bridgehead atoms. The van der Waals surface area contributed by atoms with Crippen LogP contribution in [-0.4, -0.2) is 48.2 Å². The SMILES string of the molecule is CC(C)NC(CO)(COC1CC(C)OC(C)C1)C1CC1. The number of aliphatic hydroxyl groups excluding tert-OH is 1. The summed E-state index contributed by atoms with van der Waals surface area (Å²) in [6, 6.07) is 0.360. The van der Waals surface area contributed by atoms with Gasteiger partial charge in [-0.1, -0.05) is 13.8 Å². The molecule has 4 nitrogen and oxygen atoms in total. The summed E-state index contributed by atoms with van der Waals surface area (Å²) in [5, 5.41) is 13.5. The molecule has 2 N–H and O–H groups in total. The van der Waals surface area contributed by atoms with E-state index in [2.05, 4.69) is 33.0 Å². The average molecular weight is 285 g/mol. The molecule has 0 spiro atoms. The van der Waals surface area contributed by atoms with E-state index in [1.54, 1.807) is 0 Å². The molecule has 2 fully saturated rings. The monoisotopic (exact) mass is 285 g/mol. The summed E-state index contributed by atoms with van der Waals surface area (Å²) in [4.78, 5) is 0. The molecule has 4 heteroatoms. The van der Waals surface area contributed by atoms with Crippen molar-refractivity contribution in [1.82, 2.24) is 5.32 Å². The summed E-state index contributed by atoms with van der Waals surface area (Å²) in [6.07, 6.45) is 5.11. The zero-order valence-electron chi connectivity index (χ0n) is 13.4. The highest BCUT2D eigenvalue weighted by atomic mass is 16.5. The molecular weight excluding hydrogens is 254 g/mol. The van der Waals surface area contributed by atoms with E-state index in [1.165, 1.54) is 12.8 Å². The highest BCUT2D eigenvalue weighted by Crippen LogP contribution is 2.40. The average Bonchev–Trinajstić information content (AvgIpc) is 3.17. The molecule has 1 saturated heterocycles. The second-order valence-corrected chi connectivity index (χ2v) is 7.05. The normalized spacial score (nSPS) is 34.2. The first kappa shape index (κ1) is 16.2. The summed E-state index contributed by atoms with van der Waals surface area (Å²) < 4.78 is 11.9. The molecule has 0 radical (unpaired) electrons. The lowest BCUT2D eigenvalue weighted by Crippen LogP contribution is -2.57. The Kier molecular flexibility index (Phi) is 5.46. The first-order chi connectivity index (χ1) is 9.45. The Labute approximate surface area is 123 Å². The predicted molar refractivity (Wildman–Crippen MR) is 79.8 cm³/mol. The molecule has 1 aliphatic heterocycles. The van der Waals surface area contributed by atoms with Gasteiger partial charge in [-0.3, -0.25) is 0 Å². The van der Waals surface area contributed by atoms with E-state index in [4.69, 9.17) is 9.47 Å². The molecular formula is C16H31NO3. The number of nitrogens with one attached hydrogen (secondary N) is 1. The molecule has 2 aliphatic rings. The fraction of sp³-hybridized carbons (Fsp3) is 1.00. The minimum absolute atomic E-state index is 0.157. The van der Waals surface area contributed by atoms with Gasteiger partial charge in [-0.25, -0.2) is 0 Å². The van der Waals surface area contributed by atoms with E-state index in [1.807, 2.05) is 0 Å². The number of rotatable bonds is 7. The Morgan fingerprint density at radius 2 is 1.85 bits per heavy atom. The summed E-state index contributed by atoms with van der Waals surface area (Å²) in [6.45, 7) is 9.24. The lowest BCUT2D eigenvalue weighted by molar-refractivity contribution is -0.116. The van der Waals surface area contributed by atoms with Crippen LogP contribution >= 0.6 is 0 Å². The third kappa shape index (κ3) is 4.17. The van der Waals surface area contributed by atoms with E-state index in [0.29, 0.717) is 18.6 Å². The van der Waals surface area contributed by atoms with E-state index >= 15 is 0 Å². The van der Waals surface area contributed by atoms with E-state index in [-0.39, 0.29) is 30.5 Å². The fourth-order valence-corrected chi connectivity index (χ4v) is 3.46. The third-order valence-electron chi connectivity index (χ3n) is 4.45. The van der Waals surface area contributed by atoms with Crippen molar-refractivity contribution in [3.63, 3.8) is 0 Å². The highest BCUT2D eigenvalue weighted by Gasteiger charge is 2.46. The summed E-state index contributed by atoms with van der Waals surface area (Å²) in [5.41, 5.74) is -0.251. The van der Waals surface area contributed by atoms with Crippen molar-refractivity contribution in [1.29, 1.82) is 0 Å². The van der Waals surface area contributed by atoms with Gasteiger partial charge in [0.25, 0.3) is 0 Å². The van der Waals surface area contributed by atoms with Gasteiger partial charge in [0.05, 0.1) is 37.1 Å². The molecule has 2 rings (SSSR count). The smallest absolute Gasteiger partial charge is 0.0681 e. The quantitative estimate of drug-likeness (QED) is 0.752. The number of hydrogen-bond acceptors (Lipinski definition) is 4. The van der Waals surface area contributed by atoms with Crippen LogP contribution in [-0.2, 0) is 9.47 Å². The summed E-state index contributed by atoms with van der Waals surface area (Å²) >= 11 is 0. The maximum absolute atomic E-state index is 9.90. The summed E-state index contributed by atoms with van der Waals surface area (Å²) in [5.74, 6) is 0.560. The molecule has 20 heavy (non-hydrogen) atoms. The Balaban J connectivity index is 1.91. The molecule has 1 heterocycles. The van der Waals surface area contributed by atoms with Crippen LogP contribution in [0.2, 0.25) is 0 Å². The van der Waals surface area contributed by atoms with Gasteiger partial charge in [0.15, 0.2) is 0 Å². The van der Waals surface area contributed by atoms with Gasteiger partial charge >= 0.3 is 0 Å². The van der Waals surface area contributed by atoms with E-state index in [0.717, 1.165) is 12.8 Å². The van der Waals surface area contributed by atoms with Crippen LogP contribution in [0.3, 0.4) is 0 Å². The maximum atomic E-state index is 9.90. The second-order valence-electron chi connectivity index (χ2n) is 7.05. The molecule has 1 aliphatic carbocycles. The predicted octanol–water partition coefficient (Wildman–Crippen LogP) is 2.10. The van der Waals surface area contributed by atoms with Crippen LogP contribution in [0.15, 0.2) is 0 Å². The van der Waals surface area contributed by atoms with Crippen LogP contribution in [0.5, 0.6) is 0 Å². The van der Waals surface area contributed by atoms with Crippen LogP contribution in [0, 0.1) is 5.92 Å². The molecule has 0 amide bonds. The van der Waals surface area contributed by atoms with Crippen LogP contribution in [0.25, 0.3) is 0 Å². The Bertz CT molecular complexity index is 296.